The summed E-state index contributed by atoms with van der Waals surface area (Å²) in [5.74, 6) is -0.222. The smallest absolute Gasteiger partial charge is 0.244 e. The fourth-order valence-corrected chi connectivity index (χ4v) is 2.30. The Kier molecular flexibility index (Phi) is 4.05. The summed E-state index contributed by atoms with van der Waals surface area (Å²) in [5.41, 5.74) is -0.207. The van der Waals surface area contributed by atoms with Crippen LogP contribution >= 0.6 is 0 Å². The van der Waals surface area contributed by atoms with Crippen molar-refractivity contribution in [2.75, 3.05) is 5.32 Å². The van der Waals surface area contributed by atoms with Crippen molar-refractivity contribution in [1.29, 1.82) is 5.26 Å². The van der Waals surface area contributed by atoms with Crippen LogP contribution in [0.25, 0.3) is 10.8 Å². The average Bonchev–Trinajstić information content (AvgIpc) is 2.49. The number of carbonyl (C=O) groups excluding carboxylic acids is 1. The van der Waals surface area contributed by atoms with Crippen molar-refractivity contribution in [3.63, 3.8) is 0 Å². The van der Waals surface area contributed by atoms with E-state index in [1.807, 2.05) is 56.3 Å². The number of hydrogen-bond donors (Lipinski definition) is 1. The SMILES string of the molecule is CCC(C#N)(CC)C(=O)Nc1ccc2ccccc2c1. The third-order valence-corrected chi connectivity index (χ3v) is 3.86. The minimum atomic E-state index is -0.939. The lowest BCUT2D eigenvalue weighted by Crippen LogP contribution is -2.33. The molecule has 2 aromatic rings. The Hall–Kier alpha value is -2.34. The first-order chi connectivity index (χ1) is 9.65. The van der Waals surface area contributed by atoms with Crippen LogP contribution in [0.15, 0.2) is 42.5 Å². The number of carbonyl (C=O) groups is 1. The monoisotopic (exact) mass is 266 g/mol. The van der Waals surface area contributed by atoms with E-state index in [0.717, 1.165) is 16.5 Å². The van der Waals surface area contributed by atoms with Gasteiger partial charge in [-0.2, -0.15) is 5.26 Å². The molecule has 0 aromatic heterocycles. The maximum absolute atomic E-state index is 12.3. The summed E-state index contributed by atoms with van der Waals surface area (Å²) >= 11 is 0. The molecule has 0 bridgehead atoms. The topological polar surface area (TPSA) is 52.9 Å². The number of nitriles is 1. The van der Waals surface area contributed by atoms with Crippen LogP contribution in [0.2, 0.25) is 0 Å². The summed E-state index contributed by atoms with van der Waals surface area (Å²) in [6.07, 6.45) is 1.03. The maximum atomic E-state index is 12.3. The van der Waals surface area contributed by atoms with Crippen LogP contribution in [0.5, 0.6) is 0 Å². The number of nitrogens with zero attached hydrogens (tertiary/aromatic N) is 1. The summed E-state index contributed by atoms with van der Waals surface area (Å²) in [6.45, 7) is 3.74. The standard InChI is InChI=1S/C17H18N2O/c1-3-17(4-2,12-18)16(20)19-15-10-9-13-7-5-6-8-14(13)11-15/h5-11H,3-4H2,1-2H3,(H,19,20). The van der Waals surface area contributed by atoms with Gasteiger partial charge in [-0.3, -0.25) is 4.79 Å². The molecular weight excluding hydrogens is 248 g/mol. The molecule has 0 fully saturated rings. The lowest BCUT2D eigenvalue weighted by molar-refractivity contribution is -0.123. The molecule has 0 aliphatic carbocycles. The molecule has 0 saturated carbocycles. The van der Waals surface area contributed by atoms with E-state index >= 15 is 0 Å². The second-order valence-corrected chi connectivity index (χ2v) is 4.92. The zero-order chi connectivity index (χ0) is 14.6. The molecule has 0 saturated heterocycles. The first-order valence-electron chi connectivity index (χ1n) is 6.86. The van der Waals surface area contributed by atoms with Gasteiger partial charge in [0.05, 0.1) is 6.07 Å². The van der Waals surface area contributed by atoms with E-state index in [1.165, 1.54) is 0 Å². The van der Waals surface area contributed by atoms with Gasteiger partial charge in [0.25, 0.3) is 0 Å². The number of rotatable bonds is 4. The molecule has 0 unspecified atom stereocenters. The third-order valence-electron chi connectivity index (χ3n) is 3.86. The van der Waals surface area contributed by atoms with E-state index in [9.17, 15) is 10.1 Å². The van der Waals surface area contributed by atoms with Crippen LogP contribution in [0.1, 0.15) is 26.7 Å². The minimum absolute atomic E-state index is 0.222. The Morgan fingerprint density at radius 1 is 1.15 bits per heavy atom. The molecule has 0 aliphatic rings. The molecule has 1 amide bonds. The lowest BCUT2D eigenvalue weighted by Gasteiger charge is -2.22. The van der Waals surface area contributed by atoms with Crippen molar-refractivity contribution < 1.29 is 4.79 Å². The van der Waals surface area contributed by atoms with Crippen LogP contribution < -0.4 is 5.32 Å². The highest BCUT2D eigenvalue weighted by molar-refractivity contribution is 5.99. The Balaban J connectivity index is 2.28. The van der Waals surface area contributed by atoms with E-state index < -0.39 is 5.41 Å². The molecule has 0 spiro atoms. The quantitative estimate of drug-likeness (QED) is 0.905. The predicted octanol–water partition coefficient (Wildman–Crippen LogP) is 4.11. The highest BCUT2D eigenvalue weighted by atomic mass is 16.2. The van der Waals surface area contributed by atoms with Gasteiger partial charge in [-0.25, -0.2) is 0 Å². The largest absolute Gasteiger partial charge is 0.325 e. The van der Waals surface area contributed by atoms with Crippen molar-refractivity contribution in [2.24, 2.45) is 5.41 Å². The molecule has 3 nitrogen and oxygen atoms in total. The Labute approximate surface area is 119 Å². The number of nitrogens with one attached hydrogen (secondary N) is 1. The summed E-state index contributed by atoms with van der Waals surface area (Å²) in [6, 6.07) is 15.9. The number of hydrogen-bond acceptors (Lipinski definition) is 2. The van der Waals surface area contributed by atoms with Gasteiger partial charge in [-0.15, -0.1) is 0 Å². The molecule has 0 atom stereocenters. The molecular formula is C17H18N2O. The molecule has 1 N–H and O–H groups in total. The third kappa shape index (κ3) is 2.50. The Morgan fingerprint density at radius 3 is 2.40 bits per heavy atom. The fourth-order valence-electron chi connectivity index (χ4n) is 2.30. The lowest BCUT2D eigenvalue weighted by atomic mass is 9.83. The average molecular weight is 266 g/mol. The van der Waals surface area contributed by atoms with Gasteiger partial charge in [0, 0.05) is 5.69 Å². The summed E-state index contributed by atoms with van der Waals surface area (Å²) in [5, 5.41) is 14.4. The van der Waals surface area contributed by atoms with Gasteiger partial charge in [-0.05, 0) is 35.7 Å². The van der Waals surface area contributed by atoms with Crippen LogP contribution in [-0.4, -0.2) is 5.91 Å². The molecule has 3 heteroatoms. The van der Waals surface area contributed by atoms with E-state index in [1.54, 1.807) is 0 Å². The van der Waals surface area contributed by atoms with Gasteiger partial charge in [0.1, 0.15) is 5.41 Å². The first kappa shape index (κ1) is 14.1. The minimum Gasteiger partial charge on any atom is -0.325 e. The second-order valence-electron chi connectivity index (χ2n) is 4.92. The Morgan fingerprint density at radius 2 is 1.80 bits per heavy atom. The maximum Gasteiger partial charge on any atom is 0.244 e. The predicted molar refractivity (Wildman–Crippen MR) is 81.2 cm³/mol. The molecule has 0 aliphatic heterocycles. The first-order valence-corrected chi connectivity index (χ1v) is 6.86. The van der Waals surface area contributed by atoms with Gasteiger partial charge in [0.15, 0.2) is 0 Å². The normalized spacial score (nSPS) is 11.1. The molecule has 20 heavy (non-hydrogen) atoms. The Bertz CT molecular complexity index is 666. The van der Waals surface area contributed by atoms with Gasteiger partial charge in [-0.1, -0.05) is 44.2 Å². The van der Waals surface area contributed by atoms with E-state index in [0.29, 0.717) is 12.8 Å². The van der Waals surface area contributed by atoms with Gasteiger partial charge in [0.2, 0.25) is 5.91 Å². The summed E-state index contributed by atoms with van der Waals surface area (Å²) in [4.78, 5) is 12.3. The van der Waals surface area contributed by atoms with Gasteiger partial charge < -0.3 is 5.32 Å². The molecule has 2 rings (SSSR count). The van der Waals surface area contributed by atoms with Crippen LogP contribution in [-0.2, 0) is 4.79 Å². The van der Waals surface area contributed by atoms with E-state index in [-0.39, 0.29) is 5.91 Å². The number of benzene rings is 2. The van der Waals surface area contributed by atoms with E-state index in [2.05, 4.69) is 11.4 Å². The zero-order valence-electron chi connectivity index (χ0n) is 11.8. The van der Waals surface area contributed by atoms with Gasteiger partial charge >= 0.3 is 0 Å². The van der Waals surface area contributed by atoms with Crippen molar-refractivity contribution in [3.8, 4) is 6.07 Å². The van der Waals surface area contributed by atoms with Crippen LogP contribution in [0.4, 0.5) is 5.69 Å². The van der Waals surface area contributed by atoms with Crippen molar-refractivity contribution in [1.82, 2.24) is 0 Å². The zero-order valence-corrected chi connectivity index (χ0v) is 11.8. The number of amides is 1. The van der Waals surface area contributed by atoms with Crippen LogP contribution in [0.3, 0.4) is 0 Å². The van der Waals surface area contributed by atoms with Crippen LogP contribution in [0, 0.1) is 16.7 Å². The summed E-state index contributed by atoms with van der Waals surface area (Å²) < 4.78 is 0. The molecule has 2 aromatic carbocycles. The van der Waals surface area contributed by atoms with Crippen molar-refractivity contribution in [3.05, 3.63) is 42.5 Å². The van der Waals surface area contributed by atoms with E-state index in [4.69, 9.17) is 0 Å². The molecule has 102 valence electrons. The summed E-state index contributed by atoms with van der Waals surface area (Å²) in [7, 11) is 0. The highest BCUT2D eigenvalue weighted by Crippen LogP contribution is 2.28. The molecule has 0 radical (unpaired) electrons. The number of anilines is 1. The number of fused-ring (bicyclic) bond motifs is 1. The second kappa shape index (κ2) is 5.75. The molecule has 0 heterocycles. The van der Waals surface area contributed by atoms with Crippen molar-refractivity contribution in [2.45, 2.75) is 26.7 Å². The fraction of sp³-hybridized carbons (Fsp3) is 0.294. The van der Waals surface area contributed by atoms with Crippen molar-refractivity contribution >= 4 is 22.4 Å². The highest BCUT2D eigenvalue weighted by Gasteiger charge is 2.34.